The molecule has 8 heteroatoms. The number of azo groups is 1. The summed E-state index contributed by atoms with van der Waals surface area (Å²) in [6.45, 7) is 3.08. The molecule has 0 atom stereocenters. The number of carbonyl (C=O) groups is 3. The lowest BCUT2D eigenvalue weighted by Gasteiger charge is -2.16. The number of benzene rings is 3. The van der Waals surface area contributed by atoms with E-state index in [1.165, 1.54) is 4.90 Å². The number of nitrogens with one attached hydrogen (secondary N) is 1. The average molecular weight is 440 g/mol. The Hall–Kier alpha value is -4.59. The molecule has 1 aliphatic rings. The van der Waals surface area contributed by atoms with Gasteiger partial charge in [-0.1, -0.05) is 43.0 Å². The Morgan fingerprint density at radius 1 is 0.848 bits per heavy atom. The van der Waals surface area contributed by atoms with E-state index in [1.807, 2.05) is 30.3 Å². The fourth-order valence-corrected chi connectivity index (χ4v) is 3.24. The summed E-state index contributed by atoms with van der Waals surface area (Å²) in [5, 5.41) is 10.9. The molecule has 0 spiro atoms. The topological polar surface area (TPSA) is 100 Å². The van der Waals surface area contributed by atoms with Crippen molar-refractivity contribution in [3.8, 4) is 0 Å². The number of amides is 2. The smallest absolute Gasteiger partial charge is 0.326 e. The molecule has 0 saturated heterocycles. The second kappa shape index (κ2) is 9.69. The van der Waals surface area contributed by atoms with Crippen LogP contribution in [-0.2, 0) is 14.3 Å². The first-order chi connectivity index (χ1) is 16.0. The van der Waals surface area contributed by atoms with Gasteiger partial charge in [0.1, 0.15) is 6.54 Å². The summed E-state index contributed by atoms with van der Waals surface area (Å²) in [5.74, 6) is -1.53. The average Bonchev–Trinajstić information content (AvgIpc) is 3.08. The molecule has 1 aliphatic heterocycles. The molecule has 0 aliphatic carbocycles. The molecule has 0 saturated carbocycles. The molecule has 8 nitrogen and oxygen atoms in total. The van der Waals surface area contributed by atoms with Crippen LogP contribution in [0.25, 0.3) is 5.70 Å². The Bertz CT molecular complexity index is 1200. The lowest BCUT2D eigenvalue weighted by Crippen LogP contribution is -2.32. The van der Waals surface area contributed by atoms with Crippen LogP contribution < -0.4 is 5.32 Å². The van der Waals surface area contributed by atoms with Crippen LogP contribution in [0.15, 0.2) is 95.7 Å². The Balaban J connectivity index is 1.25. The molecule has 4 rings (SSSR count). The van der Waals surface area contributed by atoms with Gasteiger partial charge in [-0.3, -0.25) is 19.3 Å². The molecular formula is C25H20N4O4. The Morgan fingerprint density at radius 3 is 2.12 bits per heavy atom. The van der Waals surface area contributed by atoms with Crippen molar-refractivity contribution < 1.29 is 19.1 Å². The van der Waals surface area contributed by atoms with Crippen molar-refractivity contribution >= 4 is 40.5 Å². The zero-order valence-electron chi connectivity index (χ0n) is 17.6. The van der Waals surface area contributed by atoms with Gasteiger partial charge in [0, 0.05) is 22.5 Å². The van der Waals surface area contributed by atoms with Gasteiger partial charge < -0.3 is 10.1 Å². The molecule has 33 heavy (non-hydrogen) atoms. The number of carbonyl (C=O) groups excluding carboxylic acids is 3. The molecule has 2 amide bonds. The maximum Gasteiger partial charge on any atom is 0.326 e. The third-order valence-electron chi connectivity index (χ3n) is 4.88. The molecule has 0 fully saturated rings. The van der Waals surface area contributed by atoms with Crippen LogP contribution >= 0.6 is 0 Å². The van der Waals surface area contributed by atoms with Gasteiger partial charge in [-0.25, -0.2) is 0 Å². The molecule has 3 aromatic carbocycles. The molecule has 0 aromatic heterocycles. The normalized spacial score (nSPS) is 12.7. The molecule has 0 unspecified atom stereocenters. The summed E-state index contributed by atoms with van der Waals surface area (Å²) in [5.41, 5.74) is 3.48. The standard InChI is InChI=1S/C25H20N4O4/c1-17-21-9-5-6-10-22(21)25(32)29(17)15-24(31)33-16-23(30)26-18-11-13-20(14-12-18)28-27-19-7-3-2-4-8-19/h2-14H,1,15-16H2,(H,26,30). The van der Waals surface area contributed by atoms with Crippen LogP contribution in [0.4, 0.5) is 17.1 Å². The summed E-state index contributed by atoms with van der Waals surface area (Å²) >= 11 is 0. The quantitative estimate of drug-likeness (QED) is 0.425. The van der Waals surface area contributed by atoms with Crippen LogP contribution in [0.1, 0.15) is 15.9 Å². The number of nitrogens with zero attached hydrogens (tertiary/aromatic N) is 3. The first kappa shape index (κ1) is 21.6. The number of ether oxygens (including phenoxy) is 1. The second-order valence-electron chi connectivity index (χ2n) is 7.17. The summed E-state index contributed by atoms with van der Waals surface area (Å²) in [4.78, 5) is 38.0. The first-order valence-electron chi connectivity index (χ1n) is 10.1. The van der Waals surface area contributed by atoms with Crippen molar-refractivity contribution in [2.24, 2.45) is 10.2 Å². The van der Waals surface area contributed by atoms with Crippen LogP contribution in [0.3, 0.4) is 0 Å². The first-order valence-corrected chi connectivity index (χ1v) is 10.1. The zero-order valence-corrected chi connectivity index (χ0v) is 17.6. The highest BCUT2D eigenvalue weighted by Gasteiger charge is 2.32. The van der Waals surface area contributed by atoms with Gasteiger partial charge in [0.25, 0.3) is 11.8 Å². The predicted octanol–water partition coefficient (Wildman–Crippen LogP) is 4.71. The molecule has 0 bridgehead atoms. The van der Waals surface area contributed by atoms with E-state index in [1.54, 1.807) is 48.5 Å². The molecule has 1 heterocycles. The molecular weight excluding hydrogens is 420 g/mol. The summed E-state index contributed by atoms with van der Waals surface area (Å²) in [6.07, 6.45) is 0. The van der Waals surface area contributed by atoms with Crippen LogP contribution in [0.5, 0.6) is 0 Å². The number of anilines is 1. The Morgan fingerprint density at radius 2 is 1.45 bits per heavy atom. The minimum absolute atomic E-state index is 0.318. The van der Waals surface area contributed by atoms with E-state index >= 15 is 0 Å². The van der Waals surface area contributed by atoms with Crippen molar-refractivity contribution in [3.63, 3.8) is 0 Å². The number of esters is 1. The van der Waals surface area contributed by atoms with Gasteiger partial charge in [0.15, 0.2) is 6.61 Å². The van der Waals surface area contributed by atoms with Crippen molar-refractivity contribution in [1.29, 1.82) is 0 Å². The Kier molecular flexibility index (Phi) is 6.36. The van der Waals surface area contributed by atoms with Crippen LogP contribution in [0.2, 0.25) is 0 Å². The van der Waals surface area contributed by atoms with Gasteiger partial charge in [-0.05, 0) is 42.5 Å². The maximum absolute atomic E-state index is 12.4. The largest absolute Gasteiger partial charge is 0.454 e. The predicted molar refractivity (Wildman–Crippen MR) is 123 cm³/mol. The SMILES string of the molecule is C=C1c2ccccc2C(=O)N1CC(=O)OCC(=O)Nc1ccc(N=Nc2ccccc2)cc1. The van der Waals surface area contributed by atoms with Crippen molar-refractivity contribution in [1.82, 2.24) is 4.90 Å². The monoisotopic (exact) mass is 440 g/mol. The fourth-order valence-electron chi connectivity index (χ4n) is 3.24. The minimum atomic E-state index is -0.705. The molecule has 0 radical (unpaired) electrons. The van der Waals surface area contributed by atoms with Gasteiger partial charge >= 0.3 is 5.97 Å². The zero-order chi connectivity index (χ0) is 23.2. The summed E-state index contributed by atoms with van der Waals surface area (Å²) in [6, 6.07) is 23.1. The van der Waals surface area contributed by atoms with E-state index in [-0.39, 0.29) is 12.5 Å². The Labute approximate surface area is 190 Å². The van der Waals surface area contributed by atoms with Gasteiger partial charge in [-0.2, -0.15) is 10.2 Å². The van der Waals surface area contributed by atoms with Gasteiger partial charge in [0.2, 0.25) is 0 Å². The van der Waals surface area contributed by atoms with E-state index in [0.717, 1.165) is 5.69 Å². The van der Waals surface area contributed by atoms with Gasteiger partial charge in [-0.15, -0.1) is 0 Å². The molecule has 1 N–H and O–H groups in total. The number of hydrogen-bond donors (Lipinski definition) is 1. The molecule has 3 aromatic rings. The highest BCUT2D eigenvalue weighted by atomic mass is 16.5. The number of rotatable bonds is 7. The van der Waals surface area contributed by atoms with Gasteiger partial charge in [0.05, 0.1) is 11.4 Å². The van der Waals surface area contributed by atoms with E-state index < -0.39 is 18.5 Å². The number of fused-ring (bicyclic) bond motifs is 1. The summed E-state index contributed by atoms with van der Waals surface area (Å²) < 4.78 is 5.03. The second-order valence-corrected chi connectivity index (χ2v) is 7.17. The summed E-state index contributed by atoms with van der Waals surface area (Å²) in [7, 11) is 0. The van der Waals surface area contributed by atoms with E-state index in [2.05, 4.69) is 22.1 Å². The van der Waals surface area contributed by atoms with E-state index in [0.29, 0.717) is 28.2 Å². The van der Waals surface area contributed by atoms with Crippen molar-refractivity contribution in [2.45, 2.75) is 0 Å². The number of hydrogen-bond acceptors (Lipinski definition) is 6. The third kappa shape index (κ3) is 5.19. The van der Waals surface area contributed by atoms with E-state index in [9.17, 15) is 14.4 Å². The van der Waals surface area contributed by atoms with E-state index in [4.69, 9.17) is 4.74 Å². The van der Waals surface area contributed by atoms with Crippen molar-refractivity contribution in [3.05, 3.63) is 96.6 Å². The third-order valence-corrected chi connectivity index (χ3v) is 4.88. The van der Waals surface area contributed by atoms with Crippen LogP contribution in [0, 0.1) is 0 Å². The molecule has 164 valence electrons. The highest BCUT2D eigenvalue weighted by molar-refractivity contribution is 6.10. The van der Waals surface area contributed by atoms with Crippen molar-refractivity contribution in [2.75, 3.05) is 18.5 Å². The minimum Gasteiger partial charge on any atom is -0.454 e. The van der Waals surface area contributed by atoms with Crippen LogP contribution in [-0.4, -0.2) is 35.8 Å². The fraction of sp³-hybridized carbons (Fsp3) is 0.0800. The maximum atomic E-state index is 12.4. The lowest BCUT2D eigenvalue weighted by molar-refractivity contribution is -0.147. The highest BCUT2D eigenvalue weighted by Crippen LogP contribution is 2.30. The lowest BCUT2D eigenvalue weighted by atomic mass is 10.1.